The van der Waals surface area contributed by atoms with Gasteiger partial charge in [-0.15, -0.1) is 0 Å². The summed E-state index contributed by atoms with van der Waals surface area (Å²) in [6.07, 6.45) is 2.62. The summed E-state index contributed by atoms with van der Waals surface area (Å²) in [4.78, 5) is 188. The minimum atomic E-state index is -1.03. The molecule has 74 heavy (non-hydrogen) atoms. The quantitative estimate of drug-likeness (QED) is 0.125. The van der Waals surface area contributed by atoms with Crippen molar-refractivity contribution < 1.29 is 71.9 Å². The van der Waals surface area contributed by atoms with Gasteiger partial charge in [0.25, 0.3) is 23.6 Å². The number of hydrogen-bond acceptors (Lipinski definition) is 16. The molecular weight excluding hydrogens is 1010 g/mol. The molecule has 5 aliphatic rings. The molecule has 20 amide bonds. The van der Waals surface area contributed by atoms with Crippen LogP contribution >= 0.6 is 0 Å². The molecule has 0 radical (unpaired) electrons. The summed E-state index contributed by atoms with van der Waals surface area (Å²) in [5.41, 5.74) is 1.82. The van der Waals surface area contributed by atoms with Crippen molar-refractivity contribution >= 4 is 128 Å². The zero-order valence-corrected chi connectivity index (χ0v) is 42.7. The van der Waals surface area contributed by atoms with Crippen LogP contribution in [0.4, 0.5) is 24.0 Å². The van der Waals surface area contributed by atoms with Gasteiger partial charge in [-0.1, -0.05) is 49.9 Å². The molecule has 0 saturated carbocycles. The summed E-state index contributed by atoms with van der Waals surface area (Å²) in [5, 5.41) is 0. The fourth-order valence-corrected chi connectivity index (χ4v) is 7.50. The summed E-state index contributed by atoms with van der Waals surface area (Å²) in [6, 6.07) is 9.95. The van der Waals surface area contributed by atoms with Gasteiger partial charge in [0.1, 0.15) is 29.4 Å². The lowest BCUT2D eigenvalue weighted by atomic mass is 9.91. The minimum Gasteiger partial charge on any atom is -2.00 e. The lowest BCUT2D eigenvalue weighted by molar-refractivity contribution is -0.149. The Hall–Kier alpha value is -8.33. The van der Waals surface area contributed by atoms with E-state index in [0.717, 1.165) is 49.0 Å². The number of hydrogen-bond donors (Lipinski definition) is 0. The predicted octanol–water partition coefficient (Wildman–Crippen LogP) is 0.450. The van der Waals surface area contributed by atoms with Crippen LogP contribution in [-0.2, 0) is 87.8 Å². The van der Waals surface area contributed by atoms with Crippen molar-refractivity contribution in [2.75, 3.05) is 70.5 Å². The van der Waals surface area contributed by atoms with E-state index in [1.807, 2.05) is 0 Å². The first kappa shape index (κ1) is 61.8. The van der Waals surface area contributed by atoms with Gasteiger partial charge in [-0.2, -0.15) is 0 Å². The third-order valence-corrected chi connectivity index (χ3v) is 12.0. The first-order valence-electron chi connectivity index (χ1n) is 21.2. The molecule has 5 heterocycles. The molecule has 5 fully saturated rings. The molecule has 0 atom stereocenters. The highest BCUT2D eigenvalue weighted by Crippen LogP contribution is 2.25. The van der Waals surface area contributed by atoms with Crippen LogP contribution in [0.25, 0.3) is 12.2 Å². The second-order valence-electron chi connectivity index (χ2n) is 16.7. The lowest BCUT2D eigenvalue weighted by Gasteiger charge is -2.33. The number of carbonyl (C=O) groups excluding carboxylic acids is 15. The van der Waals surface area contributed by atoms with Gasteiger partial charge in [0, 0.05) is 70.5 Å². The molecule has 0 N–H and O–H groups in total. The maximum absolute atomic E-state index is 12.4. The number of thiol groups is 1. The van der Waals surface area contributed by atoms with Gasteiger partial charge in [0.05, 0.1) is 0 Å². The van der Waals surface area contributed by atoms with Crippen LogP contribution in [0.15, 0.2) is 59.7 Å². The van der Waals surface area contributed by atoms with Crippen molar-refractivity contribution in [3.63, 3.8) is 0 Å². The molecule has 5 aliphatic heterocycles. The third-order valence-electron chi connectivity index (χ3n) is 12.0. The normalized spacial score (nSPS) is 18.1. The van der Waals surface area contributed by atoms with Crippen molar-refractivity contribution in [2.24, 2.45) is 11.8 Å². The topological polar surface area (TPSA) is 288 Å². The third kappa shape index (κ3) is 12.1. The summed E-state index contributed by atoms with van der Waals surface area (Å²) >= 11 is 0. The van der Waals surface area contributed by atoms with Gasteiger partial charge < -0.3 is 27.0 Å². The Morgan fingerprint density at radius 2 is 0.649 bits per heavy atom. The Labute approximate surface area is 438 Å². The van der Waals surface area contributed by atoms with E-state index < -0.39 is 101 Å². The molecule has 5 saturated heterocycles. The van der Waals surface area contributed by atoms with Crippen molar-refractivity contribution in [1.82, 2.24) is 49.0 Å². The van der Waals surface area contributed by atoms with E-state index in [1.165, 1.54) is 82.6 Å². The number of amides is 20. The molecule has 0 aliphatic carbocycles. The molecule has 27 heteroatoms. The average molecular weight is 1060 g/mol. The summed E-state index contributed by atoms with van der Waals surface area (Å²) in [7, 11) is 13.1. The summed E-state index contributed by atoms with van der Waals surface area (Å²) in [5.74, 6) is -8.17. The number of rotatable bonds is 6. The van der Waals surface area contributed by atoms with Crippen molar-refractivity contribution in [3.05, 3.63) is 81.9 Å². The Bertz CT molecular complexity index is 2570. The molecule has 25 nitrogen and oxygen atoms in total. The maximum Gasteiger partial charge on any atom is 0.333 e. The highest BCUT2D eigenvalue weighted by molar-refractivity contribution is 7.37. The number of carbonyl (C=O) groups is 15. The van der Waals surface area contributed by atoms with Gasteiger partial charge in [-0.05, 0) is 53.3 Å². The first-order chi connectivity index (χ1) is 33.1. The fraction of sp³-hybridized carbons (Fsp3) is 0.340. The van der Waals surface area contributed by atoms with Crippen LogP contribution in [0.5, 0.6) is 0 Å². The standard InChI is InChI=1S/C20H22N4O6.C20H18N4O6.C6H8N2O3.CH4.H2S.S/c2*1-21-15(25)13(16(26)22(2)19(21)29)9-11-6-5-7-12(8-11)10-14-17(27)23(3)20(30)24(4)18(14)28;1-7-4(9)3-5(10)8(2)6(7)11;;;/h5-8,13-14H,9-10H2,1-4H3;5-10H,1-4H3;3H2,1-2H3;1H4;1H2;/q;;;;;-2/p-1. The second-order valence-corrected chi connectivity index (χ2v) is 16.7. The van der Waals surface area contributed by atoms with Gasteiger partial charge >= 0.3 is 30.2 Å². The van der Waals surface area contributed by atoms with Gasteiger partial charge in [-0.25, -0.2) is 24.0 Å². The number of nitrogens with zero attached hydrogens (tertiary/aromatic N) is 10. The molecular formula is C47H53N10O15S2-3. The van der Waals surface area contributed by atoms with E-state index in [0.29, 0.717) is 22.3 Å². The number of benzene rings is 2. The highest BCUT2D eigenvalue weighted by Gasteiger charge is 2.44. The van der Waals surface area contributed by atoms with Crippen LogP contribution in [-0.4, -0.2) is 209 Å². The van der Waals surface area contributed by atoms with E-state index >= 15 is 0 Å². The Kier molecular flexibility index (Phi) is 20.4. The van der Waals surface area contributed by atoms with Gasteiger partial charge in [0.15, 0.2) is 0 Å². The smallest absolute Gasteiger partial charge is 0.333 e. The zero-order valence-electron chi connectivity index (χ0n) is 41.0. The van der Waals surface area contributed by atoms with Crippen LogP contribution in [0.3, 0.4) is 0 Å². The molecule has 396 valence electrons. The average Bonchev–Trinajstić information content (AvgIpc) is 3.36. The van der Waals surface area contributed by atoms with Crippen LogP contribution in [0.1, 0.15) is 36.1 Å². The van der Waals surface area contributed by atoms with Crippen molar-refractivity contribution in [1.29, 1.82) is 0 Å². The Morgan fingerprint density at radius 3 is 0.946 bits per heavy atom. The monoisotopic (exact) mass is 1060 g/mol. The largest absolute Gasteiger partial charge is 2.00 e. The minimum absolute atomic E-state index is 0. The molecule has 0 bridgehead atoms. The van der Waals surface area contributed by atoms with Crippen LogP contribution < -0.4 is 0 Å². The van der Waals surface area contributed by atoms with E-state index in [2.05, 4.69) is 0 Å². The maximum atomic E-state index is 12.4. The zero-order chi connectivity index (χ0) is 53.2. The number of imide groups is 10. The number of barbiturate groups is 5. The van der Waals surface area contributed by atoms with Gasteiger partial charge in [-0.3, -0.25) is 96.9 Å². The number of urea groups is 5. The highest BCUT2D eigenvalue weighted by atomic mass is 32.1. The Morgan fingerprint density at radius 1 is 0.392 bits per heavy atom. The van der Waals surface area contributed by atoms with Crippen LogP contribution in [0, 0.1) is 11.8 Å². The van der Waals surface area contributed by atoms with Gasteiger partial charge in [0.2, 0.25) is 35.4 Å². The molecule has 7 rings (SSSR count). The van der Waals surface area contributed by atoms with E-state index in [9.17, 15) is 71.9 Å². The molecule has 2 aromatic carbocycles. The van der Waals surface area contributed by atoms with Crippen LogP contribution in [0.2, 0.25) is 0 Å². The first-order valence-corrected chi connectivity index (χ1v) is 21.2. The second kappa shape index (κ2) is 24.4. The molecule has 0 unspecified atom stereocenters. The Balaban J connectivity index is 0.000000407. The van der Waals surface area contributed by atoms with Crippen molar-refractivity contribution in [2.45, 2.75) is 26.7 Å². The van der Waals surface area contributed by atoms with E-state index in [-0.39, 0.29) is 64.8 Å². The number of likely N-dealkylation sites (N-methyl/N-ethyl adjacent to an activating group) is 4. The molecule has 2 aromatic rings. The lowest BCUT2D eigenvalue weighted by Crippen LogP contribution is -2.57. The SMILES string of the molecule is C.CN1C(=O)C(=Cc2cccc(C=C3C(=O)N(C)C(=O)N(C)C3=O)c2)C(=O)N(C)C1=O.CN1C(=O)C(Cc2cccc(CC3C(=O)N(C)C(=O)N(C)C3=O)c2)C(=O)N(C)C1=O.CN1C(=O)CC(=O)N(C)C1=O.[S-2].[SH-]. The summed E-state index contributed by atoms with van der Waals surface area (Å²) in [6.45, 7) is 0. The summed E-state index contributed by atoms with van der Waals surface area (Å²) < 4.78 is 0. The van der Waals surface area contributed by atoms with E-state index in [1.54, 1.807) is 48.5 Å². The molecule has 0 aromatic heterocycles. The molecule has 0 spiro atoms. The fourth-order valence-electron chi connectivity index (χ4n) is 7.50. The van der Waals surface area contributed by atoms with Crippen molar-refractivity contribution in [3.8, 4) is 0 Å². The van der Waals surface area contributed by atoms with E-state index in [4.69, 9.17) is 0 Å². The predicted molar refractivity (Wildman–Crippen MR) is 265 cm³/mol.